The Morgan fingerprint density at radius 2 is 1.96 bits per heavy atom. The molecule has 5 rings (SSSR count). The van der Waals surface area contributed by atoms with Gasteiger partial charge in [0.15, 0.2) is 0 Å². The zero-order valence-corrected chi connectivity index (χ0v) is 15.6. The summed E-state index contributed by atoms with van der Waals surface area (Å²) in [7, 11) is 2.17. The zero-order valence-electron chi connectivity index (χ0n) is 15.6. The van der Waals surface area contributed by atoms with Crippen LogP contribution in [0.1, 0.15) is 48.5 Å². The number of halogens is 1. The predicted octanol–water partition coefficient (Wildman–Crippen LogP) is 3.52. The van der Waals surface area contributed by atoms with Gasteiger partial charge in [-0.05, 0) is 44.5 Å². The van der Waals surface area contributed by atoms with Gasteiger partial charge in [0, 0.05) is 48.6 Å². The number of nitrogens with zero attached hydrogens (tertiary/aromatic N) is 2. The molecule has 2 aromatic rings. The third-order valence-electron chi connectivity index (χ3n) is 6.64. The van der Waals surface area contributed by atoms with Crippen LogP contribution in [0.25, 0.3) is 10.9 Å². The van der Waals surface area contributed by atoms with Crippen LogP contribution < -0.4 is 0 Å². The largest absolute Gasteiger partial charge is 0.459 e. The number of benzene rings is 1. The van der Waals surface area contributed by atoms with Crippen LogP contribution in [0.15, 0.2) is 24.4 Å². The quantitative estimate of drug-likeness (QED) is 0.774. The number of hydrogen-bond acceptors (Lipinski definition) is 4. The van der Waals surface area contributed by atoms with Crippen molar-refractivity contribution in [1.82, 2.24) is 9.47 Å². The lowest BCUT2D eigenvalue weighted by Gasteiger charge is -2.35. The Balaban J connectivity index is 1.43. The number of rotatable bonds is 3. The number of aromatic nitrogens is 1. The number of carbonyl (C=O) groups is 1. The second-order valence-electron chi connectivity index (χ2n) is 8.18. The molecule has 0 spiro atoms. The number of ether oxygens (including phenoxy) is 2. The average molecular weight is 372 g/mol. The fourth-order valence-corrected chi connectivity index (χ4v) is 5.11. The molecule has 0 radical (unpaired) electrons. The Morgan fingerprint density at radius 1 is 1.19 bits per heavy atom. The maximum Gasteiger partial charge on any atom is 0.340 e. The molecule has 2 bridgehead atoms. The Morgan fingerprint density at radius 3 is 2.67 bits per heavy atom. The minimum absolute atomic E-state index is 0.0482. The second kappa shape index (κ2) is 6.60. The summed E-state index contributed by atoms with van der Waals surface area (Å²) < 4.78 is 27.3. The standard InChI is InChI=1S/C21H25FN2O3/c1-23-14-3-4-15(23)10-17(9-14)27-21(25)19-11-24(16-6-7-26-12-16)20-5-2-13(22)8-18(19)20/h2,5,8,11,14-17H,3-4,6-7,9-10,12H2,1H3/t14?,15?,16-,17?/m1/s1. The van der Waals surface area contributed by atoms with Crippen molar-refractivity contribution in [2.24, 2.45) is 0 Å². The average Bonchev–Trinajstić information content (AvgIpc) is 3.33. The summed E-state index contributed by atoms with van der Waals surface area (Å²) in [5, 5.41) is 0.628. The van der Waals surface area contributed by atoms with Crippen LogP contribution in [0.4, 0.5) is 4.39 Å². The summed E-state index contributed by atoms with van der Waals surface area (Å²) in [6.45, 7) is 1.33. The van der Waals surface area contributed by atoms with Gasteiger partial charge in [-0.1, -0.05) is 0 Å². The Kier molecular flexibility index (Phi) is 4.20. The monoisotopic (exact) mass is 372 g/mol. The van der Waals surface area contributed by atoms with Gasteiger partial charge in [0.25, 0.3) is 0 Å². The van der Waals surface area contributed by atoms with Crippen LogP contribution in [0.5, 0.6) is 0 Å². The molecule has 3 saturated heterocycles. The minimum atomic E-state index is -0.339. The van der Waals surface area contributed by atoms with Crippen molar-refractivity contribution in [1.29, 1.82) is 0 Å². The molecule has 0 aliphatic carbocycles. The molecule has 1 aromatic heterocycles. The molecule has 3 fully saturated rings. The topological polar surface area (TPSA) is 43.7 Å². The molecule has 0 amide bonds. The van der Waals surface area contributed by atoms with E-state index in [0.717, 1.165) is 24.8 Å². The number of carbonyl (C=O) groups excluding carboxylic acids is 1. The smallest absolute Gasteiger partial charge is 0.340 e. The van der Waals surface area contributed by atoms with Crippen molar-refractivity contribution < 1.29 is 18.7 Å². The van der Waals surface area contributed by atoms with Crippen LogP contribution in [0, 0.1) is 5.82 Å². The highest BCUT2D eigenvalue weighted by Gasteiger charge is 2.40. The fraction of sp³-hybridized carbons (Fsp3) is 0.571. The summed E-state index contributed by atoms with van der Waals surface area (Å²) >= 11 is 0. The predicted molar refractivity (Wildman–Crippen MR) is 99.4 cm³/mol. The van der Waals surface area contributed by atoms with Crippen molar-refractivity contribution in [2.75, 3.05) is 20.3 Å². The van der Waals surface area contributed by atoms with Crippen LogP contribution in [0.3, 0.4) is 0 Å². The summed E-state index contributed by atoms with van der Waals surface area (Å²) in [5.41, 5.74) is 1.32. The molecule has 0 N–H and O–H groups in total. The first-order chi connectivity index (χ1) is 13.1. The second-order valence-corrected chi connectivity index (χ2v) is 8.18. The molecule has 4 heterocycles. The molecule has 5 nitrogen and oxygen atoms in total. The summed E-state index contributed by atoms with van der Waals surface area (Å²) in [4.78, 5) is 15.4. The van der Waals surface area contributed by atoms with E-state index >= 15 is 0 Å². The van der Waals surface area contributed by atoms with Gasteiger partial charge >= 0.3 is 5.97 Å². The number of esters is 1. The maximum atomic E-state index is 13.9. The summed E-state index contributed by atoms with van der Waals surface area (Å²) in [6.07, 6.45) is 6.82. The lowest BCUT2D eigenvalue weighted by atomic mass is 10.0. The van der Waals surface area contributed by atoms with Crippen LogP contribution in [-0.2, 0) is 9.47 Å². The number of piperidine rings is 1. The van der Waals surface area contributed by atoms with Gasteiger partial charge < -0.3 is 18.9 Å². The molecule has 6 heteroatoms. The van der Waals surface area contributed by atoms with Crippen molar-refractivity contribution in [2.45, 2.75) is 56.3 Å². The Hall–Kier alpha value is -1.92. The van der Waals surface area contributed by atoms with E-state index in [0.29, 0.717) is 36.2 Å². The number of fused-ring (bicyclic) bond motifs is 3. The molecule has 3 aliphatic rings. The first kappa shape index (κ1) is 17.2. The van der Waals surface area contributed by atoms with Gasteiger partial charge in [0.2, 0.25) is 0 Å². The normalized spacial score (nSPS) is 30.9. The molecule has 3 atom stereocenters. The van der Waals surface area contributed by atoms with E-state index in [1.165, 1.54) is 25.0 Å². The maximum absolute atomic E-state index is 13.9. The zero-order chi connectivity index (χ0) is 18.5. The lowest BCUT2D eigenvalue weighted by Crippen LogP contribution is -2.43. The van der Waals surface area contributed by atoms with E-state index in [1.54, 1.807) is 6.07 Å². The summed E-state index contributed by atoms with van der Waals surface area (Å²) in [6, 6.07) is 5.83. The Labute approximate surface area is 158 Å². The van der Waals surface area contributed by atoms with E-state index in [4.69, 9.17) is 9.47 Å². The molecular weight excluding hydrogens is 347 g/mol. The van der Waals surface area contributed by atoms with Crippen molar-refractivity contribution >= 4 is 16.9 Å². The first-order valence-corrected chi connectivity index (χ1v) is 9.91. The van der Waals surface area contributed by atoms with E-state index in [1.807, 2.05) is 6.20 Å². The number of hydrogen-bond donors (Lipinski definition) is 0. The third kappa shape index (κ3) is 2.95. The van der Waals surface area contributed by atoms with Gasteiger partial charge in [0.1, 0.15) is 11.9 Å². The van der Waals surface area contributed by atoms with E-state index in [-0.39, 0.29) is 23.9 Å². The molecule has 27 heavy (non-hydrogen) atoms. The van der Waals surface area contributed by atoms with Gasteiger partial charge in [-0.15, -0.1) is 0 Å². The molecule has 1 aromatic carbocycles. The van der Waals surface area contributed by atoms with E-state index in [9.17, 15) is 9.18 Å². The van der Waals surface area contributed by atoms with Crippen LogP contribution in [0.2, 0.25) is 0 Å². The van der Waals surface area contributed by atoms with Gasteiger partial charge in [0.05, 0.1) is 18.2 Å². The minimum Gasteiger partial charge on any atom is -0.459 e. The highest BCUT2D eigenvalue weighted by molar-refractivity contribution is 6.04. The van der Waals surface area contributed by atoms with Crippen LogP contribution >= 0.6 is 0 Å². The summed E-state index contributed by atoms with van der Waals surface area (Å²) in [5.74, 6) is -0.675. The van der Waals surface area contributed by atoms with Crippen LogP contribution in [-0.4, -0.2) is 53.9 Å². The van der Waals surface area contributed by atoms with Gasteiger partial charge in [-0.25, -0.2) is 9.18 Å². The Bertz CT molecular complexity index is 860. The highest BCUT2D eigenvalue weighted by atomic mass is 19.1. The van der Waals surface area contributed by atoms with E-state index < -0.39 is 0 Å². The van der Waals surface area contributed by atoms with Gasteiger partial charge in [-0.2, -0.15) is 0 Å². The fourth-order valence-electron chi connectivity index (χ4n) is 5.11. The van der Waals surface area contributed by atoms with Gasteiger partial charge in [-0.3, -0.25) is 0 Å². The SMILES string of the molecule is CN1C2CCC1CC(OC(=O)c1cn([C@@H]3CCOC3)c3ccc(F)cc13)C2. The van der Waals surface area contributed by atoms with Crippen molar-refractivity contribution in [3.05, 3.63) is 35.8 Å². The molecule has 3 aliphatic heterocycles. The first-order valence-electron chi connectivity index (χ1n) is 9.91. The molecular formula is C21H25FN2O3. The highest BCUT2D eigenvalue weighted by Crippen LogP contribution is 2.36. The molecule has 144 valence electrons. The molecule has 2 unspecified atom stereocenters. The lowest BCUT2D eigenvalue weighted by molar-refractivity contribution is -0.000291. The van der Waals surface area contributed by atoms with Crippen molar-refractivity contribution in [3.63, 3.8) is 0 Å². The molecule has 0 saturated carbocycles. The van der Waals surface area contributed by atoms with Crippen molar-refractivity contribution in [3.8, 4) is 0 Å². The third-order valence-corrected chi connectivity index (χ3v) is 6.64. The van der Waals surface area contributed by atoms with E-state index in [2.05, 4.69) is 16.5 Å².